The van der Waals surface area contributed by atoms with Gasteiger partial charge in [0, 0.05) is 24.7 Å². The molecule has 18 heavy (non-hydrogen) atoms. The van der Waals surface area contributed by atoms with Crippen LogP contribution >= 0.6 is 0 Å². The summed E-state index contributed by atoms with van der Waals surface area (Å²) < 4.78 is 5.20. The molecule has 0 amide bonds. The second kappa shape index (κ2) is 5.10. The van der Waals surface area contributed by atoms with Crippen molar-refractivity contribution in [1.82, 2.24) is 15.3 Å². The summed E-state index contributed by atoms with van der Waals surface area (Å²) in [6.07, 6.45) is 2.24. The molecule has 2 rings (SSSR count). The molecule has 1 aliphatic heterocycles. The van der Waals surface area contributed by atoms with Crippen LogP contribution < -0.4 is 15.0 Å². The van der Waals surface area contributed by atoms with E-state index in [1.165, 1.54) is 0 Å². The lowest BCUT2D eigenvalue weighted by molar-refractivity contribution is 0.304. The number of methoxy groups -OCH3 is 1. The van der Waals surface area contributed by atoms with E-state index in [0.29, 0.717) is 5.88 Å². The topological polar surface area (TPSA) is 50.3 Å². The third-order valence-electron chi connectivity index (χ3n) is 3.80. The predicted octanol–water partition coefficient (Wildman–Crippen LogP) is 1.37. The molecule has 0 aromatic carbocycles. The third-order valence-corrected chi connectivity index (χ3v) is 3.80. The van der Waals surface area contributed by atoms with Crippen LogP contribution in [0.2, 0.25) is 0 Å². The Morgan fingerprint density at radius 1 is 1.33 bits per heavy atom. The van der Waals surface area contributed by atoms with Crippen LogP contribution in [0.3, 0.4) is 0 Å². The van der Waals surface area contributed by atoms with Crippen molar-refractivity contribution >= 4 is 5.82 Å². The van der Waals surface area contributed by atoms with Gasteiger partial charge in [-0.05, 0) is 33.7 Å². The minimum atomic E-state index is 0.253. The van der Waals surface area contributed by atoms with E-state index in [9.17, 15) is 0 Å². The Morgan fingerprint density at radius 2 is 2.00 bits per heavy atom. The molecule has 1 saturated heterocycles. The fourth-order valence-electron chi connectivity index (χ4n) is 2.27. The maximum absolute atomic E-state index is 5.20. The Bertz CT molecular complexity index is 413. The van der Waals surface area contributed by atoms with Crippen LogP contribution in [-0.4, -0.2) is 42.8 Å². The summed E-state index contributed by atoms with van der Waals surface area (Å²) in [7, 11) is 3.67. The van der Waals surface area contributed by atoms with Gasteiger partial charge in [0.15, 0.2) is 0 Å². The summed E-state index contributed by atoms with van der Waals surface area (Å²) in [5.74, 6) is 2.36. The second-order valence-corrected chi connectivity index (χ2v) is 5.11. The average Bonchev–Trinajstić information content (AvgIpc) is 2.39. The number of rotatable bonds is 3. The van der Waals surface area contributed by atoms with Crippen LogP contribution in [0, 0.1) is 6.92 Å². The van der Waals surface area contributed by atoms with E-state index in [-0.39, 0.29) is 5.54 Å². The molecule has 1 fully saturated rings. The number of anilines is 1. The molecule has 0 saturated carbocycles. The van der Waals surface area contributed by atoms with Gasteiger partial charge in [-0.3, -0.25) is 0 Å². The van der Waals surface area contributed by atoms with Gasteiger partial charge in [-0.1, -0.05) is 0 Å². The molecule has 1 aromatic rings. The van der Waals surface area contributed by atoms with E-state index in [0.717, 1.165) is 37.6 Å². The Morgan fingerprint density at radius 3 is 2.56 bits per heavy atom. The molecule has 0 unspecified atom stereocenters. The minimum absolute atomic E-state index is 0.253. The van der Waals surface area contributed by atoms with Crippen LogP contribution in [0.15, 0.2) is 6.07 Å². The highest BCUT2D eigenvalue weighted by Gasteiger charge is 2.29. The summed E-state index contributed by atoms with van der Waals surface area (Å²) in [6, 6.07) is 1.91. The summed E-state index contributed by atoms with van der Waals surface area (Å²) >= 11 is 0. The Hall–Kier alpha value is -1.36. The van der Waals surface area contributed by atoms with Crippen LogP contribution in [-0.2, 0) is 0 Å². The third kappa shape index (κ3) is 2.72. The highest BCUT2D eigenvalue weighted by atomic mass is 16.5. The smallest absolute Gasteiger partial charge is 0.218 e. The number of nitrogens with zero attached hydrogens (tertiary/aromatic N) is 3. The van der Waals surface area contributed by atoms with E-state index < -0.39 is 0 Å². The van der Waals surface area contributed by atoms with E-state index in [2.05, 4.69) is 27.1 Å². The molecule has 0 spiro atoms. The van der Waals surface area contributed by atoms with Crippen molar-refractivity contribution in [3.8, 4) is 5.88 Å². The second-order valence-electron chi connectivity index (χ2n) is 5.11. The first-order valence-electron chi connectivity index (χ1n) is 6.40. The van der Waals surface area contributed by atoms with Crippen LogP contribution in [0.25, 0.3) is 0 Å². The van der Waals surface area contributed by atoms with Gasteiger partial charge in [-0.2, -0.15) is 4.98 Å². The predicted molar refractivity (Wildman–Crippen MR) is 72.2 cm³/mol. The molecule has 1 N–H and O–H groups in total. The zero-order valence-corrected chi connectivity index (χ0v) is 11.7. The Labute approximate surface area is 109 Å². The quantitative estimate of drug-likeness (QED) is 0.878. The molecule has 1 aromatic heterocycles. The lowest BCUT2D eigenvalue weighted by Crippen LogP contribution is -2.50. The number of hydrogen-bond acceptors (Lipinski definition) is 5. The highest BCUT2D eigenvalue weighted by molar-refractivity contribution is 5.42. The molecule has 0 atom stereocenters. The van der Waals surface area contributed by atoms with Gasteiger partial charge in [-0.15, -0.1) is 0 Å². The van der Waals surface area contributed by atoms with Gasteiger partial charge >= 0.3 is 0 Å². The van der Waals surface area contributed by atoms with Crippen LogP contribution in [0.1, 0.15) is 25.6 Å². The maximum atomic E-state index is 5.20. The summed E-state index contributed by atoms with van der Waals surface area (Å²) in [4.78, 5) is 11.0. The van der Waals surface area contributed by atoms with Crippen molar-refractivity contribution < 1.29 is 4.74 Å². The standard InChI is InChI=1S/C13H22N4O/c1-10-15-11(9-12(16-10)18-4)17-7-5-13(2,14-3)6-8-17/h9,14H,5-8H2,1-4H3. The van der Waals surface area contributed by atoms with Crippen LogP contribution in [0.5, 0.6) is 5.88 Å². The molecule has 5 heteroatoms. The molecular weight excluding hydrogens is 228 g/mol. The van der Waals surface area contributed by atoms with Gasteiger partial charge in [0.2, 0.25) is 5.88 Å². The number of nitrogens with one attached hydrogen (secondary N) is 1. The summed E-state index contributed by atoms with van der Waals surface area (Å²) in [5, 5.41) is 3.40. The van der Waals surface area contributed by atoms with Crippen molar-refractivity contribution in [2.24, 2.45) is 0 Å². The minimum Gasteiger partial charge on any atom is -0.481 e. The van der Waals surface area contributed by atoms with Gasteiger partial charge < -0.3 is 15.0 Å². The number of ether oxygens (including phenoxy) is 1. The number of aromatic nitrogens is 2. The lowest BCUT2D eigenvalue weighted by Gasteiger charge is -2.39. The van der Waals surface area contributed by atoms with Gasteiger partial charge in [-0.25, -0.2) is 4.98 Å². The number of aryl methyl sites for hydroxylation is 1. The van der Waals surface area contributed by atoms with Gasteiger partial charge in [0.25, 0.3) is 0 Å². The van der Waals surface area contributed by atoms with Crippen molar-refractivity contribution in [2.45, 2.75) is 32.2 Å². The van der Waals surface area contributed by atoms with E-state index in [1.54, 1.807) is 7.11 Å². The monoisotopic (exact) mass is 250 g/mol. The van der Waals surface area contributed by atoms with Crippen LogP contribution in [0.4, 0.5) is 5.82 Å². The molecule has 0 bridgehead atoms. The fourth-order valence-corrected chi connectivity index (χ4v) is 2.27. The van der Waals surface area contributed by atoms with E-state index >= 15 is 0 Å². The van der Waals surface area contributed by atoms with E-state index in [4.69, 9.17) is 4.74 Å². The number of piperidine rings is 1. The zero-order chi connectivity index (χ0) is 13.2. The van der Waals surface area contributed by atoms with Crippen molar-refractivity contribution in [1.29, 1.82) is 0 Å². The maximum Gasteiger partial charge on any atom is 0.218 e. The Kier molecular flexibility index (Phi) is 3.71. The molecule has 0 radical (unpaired) electrons. The Balaban J connectivity index is 2.12. The first-order chi connectivity index (χ1) is 8.56. The van der Waals surface area contributed by atoms with Crippen molar-refractivity contribution in [3.05, 3.63) is 11.9 Å². The first-order valence-corrected chi connectivity index (χ1v) is 6.40. The first kappa shape index (κ1) is 13.1. The lowest BCUT2D eigenvalue weighted by atomic mass is 9.90. The zero-order valence-electron chi connectivity index (χ0n) is 11.7. The normalized spacial score (nSPS) is 18.8. The molecule has 2 heterocycles. The molecule has 1 aliphatic rings. The highest BCUT2D eigenvalue weighted by Crippen LogP contribution is 2.26. The average molecular weight is 250 g/mol. The number of hydrogen-bond donors (Lipinski definition) is 1. The SMILES string of the molecule is CNC1(C)CCN(c2cc(OC)nc(C)n2)CC1. The van der Waals surface area contributed by atoms with Gasteiger partial charge in [0.05, 0.1) is 7.11 Å². The van der Waals surface area contributed by atoms with Crippen molar-refractivity contribution in [2.75, 3.05) is 32.1 Å². The molecule has 0 aliphatic carbocycles. The fraction of sp³-hybridized carbons (Fsp3) is 0.692. The summed E-state index contributed by atoms with van der Waals surface area (Å²) in [6.45, 7) is 6.19. The largest absolute Gasteiger partial charge is 0.481 e. The van der Waals surface area contributed by atoms with E-state index in [1.807, 2.05) is 20.0 Å². The summed E-state index contributed by atoms with van der Waals surface area (Å²) in [5.41, 5.74) is 0.253. The van der Waals surface area contributed by atoms with Gasteiger partial charge in [0.1, 0.15) is 11.6 Å². The molecule has 100 valence electrons. The van der Waals surface area contributed by atoms with Crippen molar-refractivity contribution in [3.63, 3.8) is 0 Å². The molecular formula is C13H22N4O. The molecule has 5 nitrogen and oxygen atoms in total.